The van der Waals surface area contributed by atoms with Crippen molar-refractivity contribution < 1.29 is 9.53 Å². The van der Waals surface area contributed by atoms with Gasteiger partial charge in [0.2, 0.25) is 5.88 Å². The number of anilines is 1. The quantitative estimate of drug-likeness (QED) is 0.662. The second-order valence-electron chi connectivity index (χ2n) is 7.62. The summed E-state index contributed by atoms with van der Waals surface area (Å²) in [7, 11) is 1.61. The van der Waals surface area contributed by atoms with Crippen LogP contribution in [0.2, 0.25) is 0 Å². The molecule has 0 N–H and O–H groups in total. The van der Waals surface area contributed by atoms with Crippen LogP contribution in [0, 0.1) is 0 Å². The lowest BCUT2D eigenvalue weighted by atomic mass is 10.2. The van der Waals surface area contributed by atoms with Crippen LogP contribution in [0.3, 0.4) is 0 Å². The monoisotopic (exact) mass is 407 g/mol. The molecule has 3 aromatic rings. The summed E-state index contributed by atoms with van der Waals surface area (Å²) in [6.07, 6.45) is 5.72. The van der Waals surface area contributed by atoms with Gasteiger partial charge in [-0.3, -0.25) is 0 Å². The fourth-order valence-corrected chi connectivity index (χ4v) is 4.20. The number of amides is 2. The molecule has 0 saturated carbocycles. The Labute approximate surface area is 174 Å². The Morgan fingerprint density at radius 3 is 2.50 bits per heavy atom. The highest BCUT2D eigenvalue weighted by atomic mass is 16.5. The Morgan fingerprint density at radius 1 is 0.967 bits per heavy atom. The van der Waals surface area contributed by atoms with E-state index in [1.54, 1.807) is 19.5 Å². The fraction of sp³-hybridized carbons (Fsp3) is 0.429. The van der Waals surface area contributed by atoms with Crippen LogP contribution in [0.15, 0.2) is 36.7 Å². The van der Waals surface area contributed by atoms with Crippen molar-refractivity contribution in [3.8, 4) is 17.1 Å². The number of pyridine rings is 1. The number of imidazole rings is 1. The van der Waals surface area contributed by atoms with E-state index >= 15 is 0 Å². The molecule has 2 saturated heterocycles. The second kappa shape index (κ2) is 7.81. The van der Waals surface area contributed by atoms with Gasteiger partial charge in [0.15, 0.2) is 5.65 Å². The first-order valence-electron chi connectivity index (χ1n) is 10.4. The molecule has 0 spiro atoms. The van der Waals surface area contributed by atoms with Gasteiger partial charge in [-0.2, -0.15) is 0 Å². The number of nitrogens with zero attached hydrogens (tertiary/aromatic N) is 7. The molecule has 2 fully saturated rings. The van der Waals surface area contributed by atoms with Crippen LogP contribution in [0.25, 0.3) is 16.9 Å². The predicted octanol–water partition coefficient (Wildman–Crippen LogP) is 2.14. The molecule has 2 aliphatic heterocycles. The third kappa shape index (κ3) is 3.30. The molecule has 9 nitrogen and oxygen atoms in total. The number of urea groups is 1. The normalized spacial score (nSPS) is 17.0. The SMILES string of the molecule is COc1ncccc1-c1cnc2ccc(N3CCN(C(=O)N4CCCC4)CC3)nn12. The molecule has 0 bridgehead atoms. The predicted molar refractivity (Wildman–Crippen MR) is 113 cm³/mol. The molecule has 2 amide bonds. The zero-order valence-corrected chi connectivity index (χ0v) is 17.1. The number of likely N-dealkylation sites (tertiary alicyclic amines) is 1. The summed E-state index contributed by atoms with van der Waals surface area (Å²) in [5, 5.41) is 4.84. The first-order valence-corrected chi connectivity index (χ1v) is 10.4. The standard InChI is InChI=1S/C21H25N7O2/c1-30-20-16(5-4-8-22-20)17-15-23-18-6-7-19(24-28(17)18)25-11-13-27(14-12-25)21(29)26-9-2-3-10-26/h4-8,15H,2-3,9-14H2,1H3. The summed E-state index contributed by atoms with van der Waals surface area (Å²) in [4.78, 5) is 27.5. The van der Waals surface area contributed by atoms with Crippen molar-refractivity contribution in [2.75, 3.05) is 51.3 Å². The Bertz CT molecular complexity index is 1050. The molecule has 156 valence electrons. The summed E-state index contributed by atoms with van der Waals surface area (Å²) >= 11 is 0. The summed E-state index contributed by atoms with van der Waals surface area (Å²) in [5.74, 6) is 1.42. The number of aromatic nitrogens is 4. The van der Waals surface area contributed by atoms with Crippen LogP contribution < -0.4 is 9.64 Å². The smallest absolute Gasteiger partial charge is 0.320 e. The number of rotatable bonds is 3. The summed E-state index contributed by atoms with van der Waals surface area (Å²) in [6, 6.07) is 7.96. The van der Waals surface area contributed by atoms with E-state index < -0.39 is 0 Å². The molecule has 5 rings (SSSR count). The highest BCUT2D eigenvalue weighted by Crippen LogP contribution is 2.28. The molecule has 30 heavy (non-hydrogen) atoms. The molecule has 3 aromatic heterocycles. The number of hydrogen-bond donors (Lipinski definition) is 0. The van der Waals surface area contributed by atoms with E-state index in [9.17, 15) is 4.79 Å². The minimum absolute atomic E-state index is 0.177. The topological polar surface area (TPSA) is 79.1 Å². The second-order valence-corrected chi connectivity index (χ2v) is 7.62. The lowest BCUT2D eigenvalue weighted by molar-refractivity contribution is 0.159. The van der Waals surface area contributed by atoms with Gasteiger partial charge >= 0.3 is 6.03 Å². The van der Waals surface area contributed by atoms with Gasteiger partial charge in [0.1, 0.15) is 5.82 Å². The van der Waals surface area contributed by atoms with E-state index in [0.717, 1.165) is 61.7 Å². The van der Waals surface area contributed by atoms with E-state index in [1.165, 1.54) is 0 Å². The zero-order valence-electron chi connectivity index (χ0n) is 17.1. The first kappa shape index (κ1) is 18.7. The van der Waals surface area contributed by atoms with Crippen LogP contribution in [-0.2, 0) is 0 Å². The van der Waals surface area contributed by atoms with E-state index in [0.29, 0.717) is 19.0 Å². The van der Waals surface area contributed by atoms with Crippen LogP contribution >= 0.6 is 0 Å². The zero-order chi connectivity index (χ0) is 20.5. The molecule has 0 unspecified atom stereocenters. The highest BCUT2D eigenvalue weighted by Gasteiger charge is 2.27. The average molecular weight is 407 g/mol. The Hall–Kier alpha value is -3.36. The fourth-order valence-electron chi connectivity index (χ4n) is 4.20. The van der Waals surface area contributed by atoms with Gasteiger partial charge in [0.05, 0.1) is 24.6 Å². The molecular formula is C21H25N7O2. The summed E-state index contributed by atoms with van der Waals surface area (Å²) in [5.41, 5.74) is 2.44. The number of carbonyl (C=O) groups is 1. The van der Waals surface area contributed by atoms with Crippen molar-refractivity contribution in [1.29, 1.82) is 0 Å². The Balaban J connectivity index is 1.36. The van der Waals surface area contributed by atoms with Gasteiger partial charge in [0, 0.05) is 45.5 Å². The minimum atomic E-state index is 0.177. The van der Waals surface area contributed by atoms with Crippen LogP contribution in [-0.4, -0.2) is 81.8 Å². The molecule has 0 aromatic carbocycles. The van der Waals surface area contributed by atoms with Crippen molar-refractivity contribution in [2.24, 2.45) is 0 Å². The molecule has 0 radical (unpaired) electrons. The van der Waals surface area contributed by atoms with E-state index in [1.807, 2.05) is 38.6 Å². The molecule has 0 atom stereocenters. The lowest BCUT2D eigenvalue weighted by Crippen LogP contribution is -2.52. The largest absolute Gasteiger partial charge is 0.481 e. The number of piperazine rings is 1. The van der Waals surface area contributed by atoms with Gasteiger partial charge in [-0.1, -0.05) is 0 Å². The van der Waals surface area contributed by atoms with Crippen molar-refractivity contribution in [1.82, 2.24) is 29.4 Å². The molecule has 9 heteroatoms. The van der Waals surface area contributed by atoms with Crippen molar-refractivity contribution >= 4 is 17.5 Å². The number of methoxy groups -OCH3 is 1. The Kier molecular flexibility index (Phi) is 4.86. The first-order chi connectivity index (χ1) is 14.7. The highest BCUT2D eigenvalue weighted by molar-refractivity contribution is 5.75. The maximum Gasteiger partial charge on any atom is 0.320 e. The van der Waals surface area contributed by atoms with Gasteiger partial charge in [-0.15, -0.1) is 5.10 Å². The third-order valence-corrected chi connectivity index (χ3v) is 5.84. The maximum absolute atomic E-state index is 12.6. The molecule has 2 aliphatic rings. The van der Waals surface area contributed by atoms with E-state index in [-0.39, 0.29) is 6.03 Å². The summed E-state index contributed by atoms with van der Waals surface area (Å²) in [6.45, 7) is 4.72. The van der Waals surface area contributed by atoms with Crippen LogP contribution in [0.1, 0.15) is 12.8 Å². The van der Waals surface area contributed by atoms with E-state index in [2.05, 4.69) is 14.9 Å². The van der Waals surface area contributed by atoms with E-state index in [4.69, 9.17) is 9.84 Å². The maximum atomic E-state index is 12.6. The number of carbonyl (C=O) groups excluding carboxylic acids is 1. The van der Waals surface area contributed by atoms with Crippen molar-refractivity contribution in [3.63, 3.8) is 0 Å². The molecule has 5 heterocycles. The van der Waals surface area contributed by atoms with Crippen LogP contribution in [0.5, 0.6) is 5.88 Å². The Morgan fingerprint density at radius 2 is 1.73 bits per heavy atom. The number of ether oxygens (including phenoxy) is 1. The third-order valence-electron chi connectivity index (χ3n) is 5.84. The van der Waals surface area contributed by atoms with Crippen molar-refractivity contribution in [2.45, 2.75) is 12.8 Å². The molecular weight excluding hydrogens is 382 g/mol. The number of hydrogen-bond acceptors (Lipinski definition) is 6. The van der Waals surface area contributed by atoms with Gasteiger partial charge in [0.25, 0.3) is 0 Å². The summed E-state index contributed by atoms with van der Waals surface area (Å²) < 4.78 is 7.24. The van der Waals surface area contributed by atoms with Crippen LogP contribution in [0.4, 0.5) is 10.6 Å². The molecule has 0 aliphatic carbocycles. The minimum Gasteiger partial charge on any atom is -0.481 e. The van der Waals surface area contributed by atoms with Gasteiger partial charge in [-0.05, 0) is 37.1 Å². The average Bonchev–Trinajstić information content (AvgIpc) is 3.48. The number of fused-ring (bicyclic) bond motifs is 1. The van der Waals surface area contributed by atoms with Crippen molar-refractivity contribution in [3.05, 3.63) is 36.7 Å². The van der Waals surface area contributed by atoms with Gasteiger partial charge < -0.3 is 19.4 Å². The lowest BCUT2D eigenvalue weighted by Gasteiger charge is -2.37. The van der Waals surface area contributed by atoms with Gasteiger partial charge in [-0.25, -0.2) is 19.3 Å².